The number of aromatic nitrogens is 2. The first kappa shape index (κ1) is 11.2. The molecular formula is C12H20N4. The second kappa shape index (κ2) is 4.28. The Morgan fingerprint density at radius 2 is 1.94 bits per heavy atom. The highest BCUT2D eigenvalue weighted by Gasteiger charge is 2.28. The third-order valence-electron chi connectivity index (χ3n) is 3.60. The number of hydrogen-bond donors (Lipinski definition) is 1. The number of rotatable bonds is 2. The zero-order chi connectivity index (χ0) is 11.7. The van der Waals surface area contributed by atoms with E-state index < -0.39 is 0 Å². The normalized spacial score (nSPS) is 25.1. The molecule has 1 aromatic rings. The lowest BCUT2D eigenvalue weighted by Crippen LogP contribution is -2.23. The molecule has 0 spiro atoms. The average Bonchev–Trinajstić information content (AvgIpc) is 2.59. The van der Waals surface area contributed by atoms with Crippen LogP contribution in [0, 0.1) is 11.8 Å². The van der Waals surface area contributed by atoms with E-state index in [9.17, 15) is 0 Å². The summed E-state index contributed by atoms with van der Waals surface area (Å²) in [5.74, 6) is 3.10. The molecule has 1 aromatic heterocycles. The molecule has 2 N–H and O–H groups in total. The third-order valence-corrected chi connectivity index (χ3v) is 3.60. The summed E-state index contributed by atoms with van der Waals surface area (Å²) in [6.45, 7) is 8.83. The standard InChI is InChI=1S/C12H20N4/c1-4-10-11(13)14-7-15-12(10)16-5-8(2)9(3)6-16/h7-9H,4-6H2,1-3H3,(H2,13,14,15). The molecule has 2 unspecified atom stereocenters. The zero-order valence-corrected chi connectivity index (χ0v) is 10.3. The summed E-state index contributed by atoms with van der Waals surface area (Å²) in [4.78, 5) is 10.8. The molecular weight excluding hydrogens is 200 g/mol. The van der Waals surface area contributed by atoms with Gasteiger partial charge in [-0.2, -0.15) is 0 Å². The maximum atomic E-state index is 5.89. The topological polar surface area (TPSA) is 55.0 Å². The molecule has 0 aliphatic carbocycles. The predicted octanol–water partition coefficient (Wildman–Crippen LogP) is 1.71. The van der Waals surface area contributed by atoms with Crippen LogP contribution in [-0.2, 0) is 6.42 Å². The van der Waals surface area contributed by atoms with E-state index in [0.717, 1.165) is 42.7 Å². The number of anilines is 2. The lowest BCUT2D eigenvalue weighted by atomic mass is 10.0. The molecule has 1 saturated heterocycles. The summed E-state index contributed by atoms with van der Waals surface area (Å²) < 4.78 is 0. The molecule has 0 bridgehead atoms. The fourth-order valence-corrected chi connectivity index (χ4v) is 2.33. The predicted molar refractivity (Wildman–Crippen MR) is 66.4 cm³/mol. The smallest absolute Gasteiger partial charge is 0.137 e. The molecule has 1 fully saturated rings. The fraction of sp³-hybridized carbons (Fsp3) is 0.667. The van der Waals surface area contributed by atoms with Gasteiger partial charge in [-0.3, -0.25) is 0 Å². The van der Waals surface area contributed by atoms with E-state index in [1.807, 2.05) is 0 Å². The molecule has 4 nitrogen and oxygen atoms in total. The molecule has 0 radical (unpaired) electrons. The Hall–Kier alpha value is -1.32. The summed E-state index contributed by atoms with van der Waals surface area (Å²) in [7, 11) is 0. The van der Waals surface area contributed by atoms with Crippen molar-refractivity contribution in [1.82, 2.24) is 9.97 Å². The fourth-order valence-electron chi connectivity index (χ4n) is 2.33. The van der Waals surface area contributed by atoms with Gasteiger partial charge in [-0.25, -0.2) is 9.97 Å². The monoisotopic (exact) mass is 220 g/mol. The Morgan fingerprint density at radius 1 is 1.31 bits per heavy atom. The van der Waals surface area contributed by atoms with Crippen molar-refractivity contribution >= 4 is 11.6 Å². The van der Waals surface area contributed by atoms with Gasteiger partial charge in [0.1, 0.15) is 18.0 Å². The van der Waals surface area contributed by atoms with Gasteiger partial charge in [0.2, 0.25) is 0 Å². The van der Waals surface area contributed by atoms with Gasteiger partial charge in [0, 0.05) is 18.7 Å². The Labute approximate surface area is 96.9 Å². The molecule has 1 aliphatic rings. The lowest BCUT2D eigenvalue weighted by Gasteiger charge is -2.20. The lowest BCUT2D eigenvalue weighted by molar-refractivity contribution is 0.494. The van der Waals surface area contributed by atoms with Gasteiger partial charge in [-0.05, 0) is 18.3 Å². The minimum Gasteiger partial charge on any atom is -0.383 e. The van der Waals surface area contributed by atoms with E-state index in [2.05, 4.69) is 35.6 Å². The van der Waals surface area contributed by atoms with Crippen molar-refractivity contribution in [3.05, 3.63) is 11.9 Å². The first-order valence-electron chi connectivity index (χ1n) is 5.97. The average molecular weight is 220 g/mol. The molecule has 0 aromatic carbocycles. The molecule has 0 saturated carbocycles. The Balaban J connectivity index is 2.31. The van der Waals surface area contributed by atoms with Gasteiger partial charge in [0.05, 0.1) is 0 Å². The van der Waals surface area contributed by atoms with Crippen LogP contribution >= 0.6 is 0 Å². The van der Waals surface area contributed by atoms with Crippen LogP contribution in [0.4, 0.5) is 11.6 Å². The molecule has 88 valence electrons. The number of hydrogen-bond acceptors (Lipinski definition) is 4. The number of nitrogens with two attached hydrogens (primary N) is 1. The molecule has 2 heterocycles. The molecule has 4 heteroatoms. The molecule has 2 rings (SSSR count). The van der Waals surface area contributed by atoms with Gasteiger partial charge in [-0.15, -0.1) is 0 Å². The minimum atomic E-state index is 0.625. The Morgan fingerprint density at radius 3 is 2.50 bits per heavy atom. The van der Waals surface area contributed by atoms with Crippen molar-refractivity contribution in [2.75, 3.05) is 23.7 Å². The van der Waals surface area contributed by atoms with E-state index >= 15 is 0 Å². The van der Waals surface area contributed by atoms with E-state index in [1.165, 1.54) is 0 Å². The van der Waals surface area contributed by atoms with Crippen LogP contribution in [0.3, 0.4) is 0 Å². The van der Waals surface area contributed by atoms with Gasteiger partial charge in [-0.1, -0.05) is 20.8 Å². The SMILES string of the molecule is CCc1c(N)ncnc1N1CC(C)C(C)C1. The number of nitrogens with zero attached hydrogens (tertiary/aromatic N) is 3. The minimum absolute atomic E-state index is 0.625. The Bertz CT molecular complexity index is 367. The van der Waals surface area contributed by atoms with Crippen LogP contribution in [0.25, 0.3) is 0 Å². The highest BCUT2D eigenvalue weighted by atomic mass is 15.2. The Kier molecular flexibility index (Phi) is 2.99. The van der Waals surface area contributed by atoms with E-state index in [-0.39, 0.29) is 0 Å². The van der Waals surface area contributed by atoms with Crippen molar-refractivity contribution in [1.29, 1.82) is 0 Å². The largest absolute Gasteiger partial charge is 0.383 e. The van der Waals surface area contributed by atoms with E-state index in [0.29, 0.717) is 5.82 Å². The summed E-state index contributed by atoms with van der Waals surface area (Å²) in [5.41, 5.74) is 6.98. The summed E-state index contributed by atoms with van der Waals surface area (Å²) in [5, 5.41) is 0. The zero-order valence-electron chi connectivity index (χ0n) is 10.3. The van der Waals surface area contributed by atoms with Crippen molar-refractivity contribution < 1.29 is 0 Å². The third kappa shape index (κ3) is 1.84. The van der Waals surface area contributed by atoms with Crippen LogP contribution in [0.15, 0.2) is 6.33 Å². The van der Waals surface area contributed by atoms with Crippen LogP contribution in [0.2, 0.25) is 0 Å². The molecule has 16 heavy (non-hydrogen) atoms. The van der Waals surface area contributed by atoms with E-state index in [1.54, 1.807) is 6.33 Å². The maximum Gasteiger partial charge on any atom is 0.137 e. The second-order valence-corrected chi connectivity index (χ2v) is 4.77. The highest BCUT2D eigenvalue weighted by molar-refractivity contribution is 5.57. The maximum absolute atomic E-state index is 5.89. The summed E-state index contributed by atoms with van der Waals surface area (Å²) in [6, 6.07) is 0. The van der Waals surface area contributed by atoms with Gasteiger partial charge in [0.15, 0.2) is 0 Å². The molecule has 2 atom stereocenters. The number of nitrogen functional groups attached to an aromatic ring is 1. The van der Waals surface area contributed by atoms with Crippen molar-refractivity contribution in [3.63, 3.8) is 0 Å². The first-order chi connectivity index (χ1) is 7.63. The van der Waals surface area contributed by atoms with Gasteiger partial charge in [0.25, 0.3) is 0 Å². The summed E-state index contributed by atoms with van der Waals surface area (Å²) in [6.07, 6.45) is 2.46. The second-order valence-electron chi connectivity index (χ2n) is 4.77. The quantitative estimate of drug-likeness (QED) is 0.824. The molecule has 1 aliphatic heterocycles. The highest BCUT2D eigenvalue weighted by Crippen LogP contribution is 2.30. The van der Waals surface area contributed by atoms with Crippen LogP contribution in [0.5, 0.6) is 0 Å². The van der Waals surface area contributed by atoms with Crippen LogP contribution < -0.4 is 10.6 Å². The van der Waals surface area contributed by atoms with Crippen LogP contribution in [0.1, 0.15) is 26.3 Å². The van der Waals surface area contributed by atoms with Crippen molar-refractivity contribution in [3.8, 4) is 0 Å². The van der Waals surface area contributed by atoms with Crippen molar-refractivity contribution in [2.24, 2.45) is 11.8 Å². The first-order valence-corrected chi connectivity index (χ1v) is 5.97. The summed E-state index contributed by atoms with van der Waals surface area (Å²) >= 11 is 0. The molecule has 0 amide bonds. The van der Waals surface area contributed by atoms with Gasteiger partial charge < -0.3 is 10.6 Å². The van der Waals surface area contributed by atoms with Crippen LogP contribution in [-0.4, -0.2) is 23.1 Å². The van der Waals surface area contributed by atoms with Gasteiger partial charge >= 0.3 is 0 Å². The van der Waals surface area contributed by atoms with E-state index in [4.69, 9.17) is 5.73 Å². The van der Waals surface area contributed by atoms with Crippen molar-refractivity contribution in [2.45, 2.75) is 27.2 Å².